The minimum atomic E-state index is -0.228. The molecule has 1 aliphatic rings. The second kappa shape index (κ2) is 4.06. The Morgan fingerprint density at radius 1 is 1.67 bits per heavy atom. The largest absolute Gasteiger partial charge is 0.393 e. The highest BCUT2D eigenvalue weighted by Crippen LogP contribution is 2.26. The van der Waals surface area contributed by atoms with Crippen molar-refractivity contribution in [2.45, 2.75) is 19.4 Å². The van der Waals surface area contributed by atoms with Gasteiger partial charge in [0.1, 0.15) is 5.82 Å². The molecule has 3 N–H and O–H groups in total. The number of aliphatic hydroxyl groups excluding tert-OH is 1. The van der Waals surface area contributed by atoms with Crippen molar-refractivity contribution in [2.24, 2.45) is 5.92 Å². The van der Waals surface area contributed by atoms with Crippen molar-refractivity contribution in [1.82, 2.24) is 4.98 Å². The maximum atomic E-state index is 9.51. The van der Waals surface area contributed by atoms with Crippen LogP contribution in [0.3, 0.4) is 0 Å². The zero-order chi connectivity index (χ0) is 10.8. The number of hydrogen-bond acceptors (Lipinski definition) is 4. The number of aromatic nitrogens is 1. The summed E-state index contributed by atoms with van der Waals surface area (Å²) in [6.45, 7) is 3.75. The number of rotatable bonds is 2. The van der Waals surface area contributed by atoms with Crippen molar-refractivity contribution in [3.05, 3.63) is 18.3 Å². The van der Waals surface area contributed by atoms with Gasteiger partial charge >= 0.3 is 0 Å². The van der Waals surface area contributed by atoms with Crippen LogP contribution in [0.4, 0.5) is 11.5 Å². The Bertz CT molecular complexity index is 340. The lowest BCUT2D eigenvalue weighted by atomic mass is 10.0. The van der Waals surface area contributed by atoms with Gasteiger partial charge in [-0.25, -0.2) is 4.98 Å². The molecule has 0 radical (unpaired) electrons. The fourth-order valence-corrected chi connectivity index (χ4v) is 2.05. The Kier molecular flexibility index (Phi) is 2.77. The van der Waals surface area contributed by atoms with E-state index in [1.165, 1.54) is 0 Å². The molecule has 0 aromatic carbocycles. The van der Waals surface area contributed by atoms with Crippen LogP contribution in [0, 0.1) is 5.92 Å². The summed E-state index contributed by atoms with van der Waals surface area (Å²) in [6, 6.07) is 3.84. The monoisotopic (exact) mass is 207 g/mol. The van der Waals surface area contributed by atoms with Crippen molar-refractivity contribution in [3.8, 4) is 0 Å². The van der Waals surface area contributed by atoms with E-state index in [9.17, 15) is 5.11 Å². The van der Waals surface area contributed by atoms with Crippen molar-refractivity contribution in [1.29, 1.82) is 0 Å². The molecule has 0 saturated carbocycles. The van der Waals surface area contributed by atoms with Gasteiger partial charge in [-0.05, 0) is 19.4 Å². The number of aliphatic hydroxyl groups is 1. The van der Waals surface area contributed by atoms with Crippen LogP contribution < -0.4 is 10.6 Å². The molecular formula is C11H17N3O. The summed E-state index contributed by atoms with van der Waals surface area (Å²) in [5.74, 6) is 0.924. The van der Waals surface area contributed by atoms with Crippen molar-refractivity contribution >= 4 is 11.5 Å². The molecule has 2 heterocycles. The lowest BCUT2D eigenvalue weighted by molar-refractivity contribution is 0.136. The standard InChI is InChI=1S/C11H17N3O/c1-8(15)9-3-5-14(7-9)10-2-4-13-11(12)6-10/h2,4,6,8-9,15H,3,5,7H2,1H3,(H2,12,13). The highest BCUT2D eigenvalue weighted by Gasteiger charge is 2.26. The molecule has 1 aromatic rings. The van der Waals surface area contributed by atoms with E-state index in [1.54, 1.807) is 6.20 Å². The second-order valence-electron chi connectivity index (χ2n) is 4.17. The van der Waals surface area contributed by atoms with E-state index < -0.39 is 0 Å². The molecule has 0 aliphatic carbocycles. The lowest BCUT2D eigenvalue weighted by Gasteiger charge is -2.19. The predicted molar refractivity (Wildman–Crippen MR) is 60.7 cm³/mol. The highest BCUT2D eigenvalue weighted by atomic mass is 16.3. The second-order valence-corrected chi connectivity index (χ2v) is 4.17. The molecule has 2 atom stereocenters. The SMILES string of the molecule is CC(O)C1CCN(c2ccnc(N)c2)C1. The summed E-state index contributed by atoms with van der Waals surface area (Å²) in [5.41, 5.74) is 6.74. The Morgan fingerprint density at radius 2 is 2.47 bits per heavy atom. The lowest BCUT2D eigenvalue weighted by Crippen LogP contribution is -2.23. The van der Waals surface area contributed by atoms with E-state index in [2.05, 4.69) is 9.88 Å². The molecule has 4 nitrogen and oxygen atoms in total. The van der Waals surface area contributed by atoms with Gasteiger partial charge in [0.25, 0.3) is 0 Å². The summed E-state index contributed by atoms with van der Waals surface area (Å²) in [7, 11) is 0. The van der Waals surface area contributed by atoms with Gasteiger partial charge in [0, 0.05) is 37.0 Å². The fourth-order valence-electron chi connectivity index (χ4n) is 2.05. The topological polar surface area (TPSA) is 62.4 Å². The van der Waals surface area contributed by atoms with Gasteiger partial charge in [0.2, 0.25) is 0 Å². The van der Waals surface area contributed by atoms with Gasteiger partial charge in [0.05, 0.1) is 6.10 Å². The molecule has 2 rings (SSSR count). The van der Waals surface area contributed by atoms with Crippen LogP contribution in [0.25, 0.3) is 0 Å². The summed E-state index contributed by atoms with van der Waals surface area (Å²) in [4.78, 5) is 6.21. The third-order valence-corrected chi connectivity index (χ3v) is 3.04. The molecule has 82 valence electrons. The van der Waals surface area contributed by atoms with Crippen LogP contribution in [0.15, 0.2) is 18.3 Å². The van der Waals surface area contributed by atoms with Crippen LogP contribution in [0.1, 0.15) is 13.3 Å². The Morgan fingerprint density at radius 3 is 3.07 bits per heavy atom. The Hall–Kier alpha value is -1.29. The van der Waals surface area contributed by atoms with Crippen molar-refractivity contribution in [3.63, 3.8) is 0 Å². The van der Waals surface area contributed by atoms with Gasteiger partial charge in [-0.3, -0.25) is 0 Å². The number of pyridine rings is 1. The smallest absolute Gasteiger partial charge is 0.125 e. The first-order valence-electron chi connectivity index (χ1n) is 5.31. The summed E-state index contributed by atoms with van der Waals surface area (Å²) >= 11 is 0. The molecule has 1 aromatic heterocycles. The van der Waals surface area contributed by atoms with Crippen LogP contribution in [0.2, 0.25) is 0 Å². The minimum absolute atomic E-state index is 0.228. The van der Waals surface area contributed by atoms with Gasteiger partial charge < -0.3 is 15.7 Å². The molecule has 0 spiro atoms. The van der Waals surface area contributed by atoms with Crippen LogP contribution in [0.5, 0.6) is 0 Å². The molecular weight excluding hydrogens is 190 g/mol. The number of nitrogens with two attached hydrogens (primary N) is 1. The maximum Gasteiger partial charge on any atom is 0.125 e. The number of nitrogens with zero attached hydrogens (tertiary/aromatic N) is 2. The van der Waals surface area contributed by atoms with Gasteiger partial charge in [-0.1, -0.05) is 0 Å². The van der Waals surface area contributed by atoms with E-state index >= 15 is 0 Å². The summed E-state index contributed by atoms with van der Waals surface area (Å²) < 4.78 is 0. The molecule has 1 aliphatic heterocycles. The average Bonchev–Trinajstić information content (AvgIpc) is 2.66. The first kappa shape index (κ1) is 10.2. The molecule has 0 amide bonds. The minimum Gasteiger partial charge on any atom is -0.393 e. The normalized spacial score (nSPS) is 23.1. The summed E-state index contributed by atoms with van der Waals surface area (Å²) in [6.07, 6.45) is 2.54. The Balaban J connectivity index is 2.08. The molecule has 0 bridgehead atoms. The number of nitrogen functional groups attached to an aromatic ring is 1. The maximum absolute atomic E-state index is 9.51. The van der Waals surface area contributed by atoms with Gasteiger partial charge in [-0.15, -0.1) is 0 Å². The van der Waals surface area contributed by atoms with Crippen LogP contribution in [-0.4, -0.2) is 29.3 Å². The molecule has 4 heteroatoms. The van der Waals surface area contributed by atoms with E-state index in [1.807, 2.05) is 19.1 Å². The number of anilines is 2. The molecule has 15 heavy (non-hydrogen) atoms. The highest BCUT2D eigenvalue weighted by molar-refractivity contribution is 5.52. The first-order chi connectivity index (χ1) is 7.16. The molecule has 2 unspecified atom stereocenters. The van der Waals surface area contributed by atoms with E-state index in [-0.39, 0.29) is 6.10 Å². The van der Waals surface area contributed by atoms with Crippen LogP contribution in [-0.2, 0) is 0 Å². The van der Waals surface area contributed by atoms with E-state index in [4.69, 9.17) is 5.73 Å². The van der Waals surface area contributed by atoms with Crippen LogP contribution >= 0.6 is 0 Å². The first-order valence-corrected chi connectivity index (χ1v) is 5.31. The van der Waals surface area contributed by atoms with Gasteiger partial charge in [-0.2, -0.15) is 0 Å². The third kappa shape index (κ3) is 2.21. The molecule has 1 saturated heterocycles. The Labute approximate surface area is 89.7 Å². The fraction of sp³-hybridized carbons (Fsp3) is 0.545. The summed E-state index contributed by atoms with van der Waals surface area (Å²) in [5, 5.41) is 9.51. The van der Waals surface area contributed by atoms with Gasteiger partial charge in [0.15, 0.2) is 0 Å². The average molecular weight is 207 g/mol. The van der Waals surface area contributed by atoms with Crippen molar-refractivity contribution in [2.75, 3.05) is 23.7 Å². The van der Waals surface area contributed by atoms with E-state index in [0.29, 0.717) is 11.7 Å². The third-order valence-electron chi connectivity index (χ3n) is 3.04. The zero-order valence-electron chi connectivity index (χ0n) is 8.93. The zero-order valence-corrected chi connectivity index (χ0v) is 8.93. The molecule has 1 fully saturated rings. The quantitative estimate of drug-likeness (QED) is 0.755. The van der Waals surface area contributed by atoms with E-state index in [0.717, 1.165) is 25.2 Å². The van der Waals surface area contributed by atoms with Crippen molar-refractivity contribution < 1.29 is 5.11 Å². The number of hydrogen-bond donors (Lipinski definition) is 2. The predicted octanol–water partition coefficient (Wildman–Crippen LogP) is 0.871.